The minimum Gasteiger partial charge on any atom is -0.228 e. The monoisotopic (exact) mass is 676 g/mol. The molecule has 53 heavy (non-hydrogen) atoms. The van der Waals surface area contributed by atoms with Gasteiger partial charge in [0.2, 0.25) is 0 Å². The van der Waals surface area contributed by atoms with Gasteiger partial charge in [-0.25, -0.2) is 9.97 Å². The summed E-state index contributed by atoms with van der Waals surface area (Å²) in [6.07, 6.45) is 0. The van der Waals surface area contributed by atoms with E-state index in [0.29, 0.717) is 0 Å². The summed E-state index contributed by atoms with van der Waals surface area (Å²) in [6.45, 7) is 4.70. The van der Waals surface area contributed by atoms with Gasteiger partial charge in [0.25, 0.3) is 0 Å². The van der Waals surface area contributed by atoms with Crippen molar-refractivity contribution in [2.24, 2.45) is 0 Å². The van der Waals surface area contributed by atoms with Crippen molar-refractivity contribution >= 4 is 21.5 Å². The summed E-state index contributed by atoms with van der Waals surface area (Å²) in [5.41, 5.74) is 14.7. The van der Waals surface area contributed by atoms with E-state index in [1.165, 1.54) is 66.1 Å². The number of hydrogen-bond donors (Lipinski definition) is 0. The molecule has 0 aliphatic heterocycles. The lowest BCUT2D eigenvalue weighted by atomic mass is 9.78. The topological polar surface area (TPSA) is 25.8 Å². The highest BCUT2D eigenvalue weighted by molar-refractivity contribution is 6.18. The highest BCUT2D eigenvalue weighted by Crippen LogP contribution is 2.56. The Morgan fingerprint density at radius 1 is 0.321 bits per heavy atom. The number of fused-ring (bicyclic) bond motifs is 8. The van der Waals surface area contributed by atoms with Crippen molar-refractivity contribution in [3.63, 3.8) is 0 Å². The SMILES string of the molecule is CC1(C)c2c(-c3cccc(-c4cccc(-c5ccc(-c6ccccc6)cc5)c4)c3)nc(-c3ccccc3)nc2-c2c1c1ccccc1c1ccccc21. The summed E-state index contributed by atoms with van der Waals surface area (Å²) in [5, 5.41) is 5.04. The number of aromatic nitrogens is 2. The van der Waals surface area contributed by atoms with Crippen LogP contribution < -0.4 is 0 Å². The van der Waals surface area contributed by atoms with Crippen molar-refractivity contribution in [3.8, 4) is 67.3 Å². The predicted octanol–water partition coefficient (Wildman–Crippen LogP) is 13.4. The smallest absolute Gasteiger partial charge is 0.160 e. The number of nitrogens with zero attached hydrogens (tertiary/aromatic N) is 2. The molecular formula is C51H36N2. The number of benzene rings is 8. The normalized spacial score (nSPS) is 12.9. The first-order valence-electron chi connectivity index (χ1n) is 18.3. The van der Waals surface area contributed by atoms with Crippen LogP contribution in [0.3, 0.4) is 0 Å². The fourth-order valence-electron chi connectivity index (χ4n) is 8.53. The molecule has 9 aromatic rings. The Hall–Kier alpha value is -6.64. The molecule has 1 heterocycles. The Kier molecular flexibility index (Phi) is 7.19. The summed E-state index contributed by atoms with van der Waals surface area (Å²) in [5.74, 6) is 0.742. The van der Waals surface area contributed by atoms with E-state index in [4.69, 9.17) is 9.97 Å². The third-order valence-corrected chi connectivity index (χ3v) is 11.0. The van der Waals surface area contributed by atoms with Gasteiger partial charge in [-0.2, -0.15) is 0 Å². The van der Waals surface area contributed by atoms with Gasteiger partial charge < -0.3 is 0 Å². The first-order chi connectivity index (χ1) is 26.0. The van der Waals surface area contributed by atoms with Crippen LogP contribution in [0.5, 0.6) is 0 Å². The highest BCUT2D eigenvalue weighted by atomic mass is 14.9. The van der Waals surface area contributed by atoms with Crippen LogP contribution in [0.25, 0.3) is 88.8 Å². The predicted molar refractivity (Wildman–Crippen MR) is 222 cm³/mol. The average Bonchev–Trinajstić information content (AvgIpc) is 3.48. The van der Waals surface area contributed by atoms with Gasteiger partial charge in [0.05, 0.1) is 11.4 Å². The molecule has 2 nitrogen and oxygen atoms in total. The van der Waals surface area contributed by atoms with Gasteiger partial charge in [-0.15, -0.1) is 0 Å². The van der Waals surface area contributed by atoms with Crippen LogP contribution >= 0.6 is 0 Å². The first-order valence-corrected chi connectivity index (χ1v) is 18.3. The van der Waals surface area contributed by atoms with Crippen molar-refractivity contribution in [2.75, 3.05) is 0 Å². The third-order valence-electron chi connectivity index (χ3n) is 11.0. The van der Waals surface area contributed by atoms with Crippen LogP contribution in [-0.4, -0.2) is 9.97 Å². The van der Waals surface area contributed by atoms with E-state index in [0.717, 1.165) is 33.9 Å². The van der Waals surface area contributed by atoms with Crippen LogP contribution in [-0.2, 0) is 5.41 Å². The van der Waals surface area contributed by atoms with E-state index in [2.05, 4.69) is 190 Å². The fraction of sp³-hybridized carbons (Fsp3) is 0.0588. The zero-order chi connectivity index (χ0) is 35.5. The summed E-state index contributed by atoms with van der Waals surface area (Å²) >= 11 is 0. The molecule has 1 aromatic heterocycles. The van der Waals surface area contributed by atoms with Gasteiger partial charge in [-0.3, -0.25) is 0 Å². The third kappa shape index (κ3) is 5.10. The van der Waals surface area contributed by atoms with E-state index >= 15 is 0 Å². The maximum Gasteiger partial charge on any atom is 0.160 e. The average molecular weight is 677 g/mol. The standard InChI is InChI=1S/C51H36N2/c1-51(2)46-44-26-12-10-24-42(44)41-23-9-11-25-43(41)45(46)49-47(51)48(52-50(53-49)36-17-7-4-8-18-36)40-22-14-21-39(32-40)38-20-13-19-37(31-38)35-29-27-34(28-30-35)33-15-5-3-6-16-33/h3-32H,1-2H3. The van der Waals surface area contributed by atoms with E-state index < -0.39 is 0 Å². The molecule has 8 aromatic carbocycles. The molecule has 2 heteroatoms. The first kappa shape index (κ1) is 31.1. The molecule has 0 bridgehead atoms. The van der Waals surface area contributed by atoms with Crippen LogP contribution in [0.4, 0.5) is 0 Å². The molecule has 0 spiro atoms. The maximum absolute atomic E-state index is 5.45. The van der Waals surface area contributed by atoms with Crippen LogP contribution in [0, 0.1) is 0 Å². The molecule has 0 N–H and O–H groups in total. The second-order valence-corrected chi connectivity index (χ2v) is 14.6. The van der Waals surface area contributed by atoms with E-state index in [9.17, 15) is 0 Å². The maximum atomic E-state index is 5.45. The van der Waals surface area contributed by atoms with E-state index in [1.807, 2.05) is 6.07 Å². The molecule has 0 radical (unpaired) electrons. The number of hydrogen-bond acceptors (Lipinski definition) is 2. The Labute approximate surface area is 310 Å². The molecule has 0 saturated carbocycles. The van der Waals surface area contributed by atoms with Crippen molar-refractivity contribution in [1.82, 2.24) is 9.97 Å². The molecular weight excluding hydrogens is 641 g/mol. The van der Waals surface area contributed by atoms with Crippen LogP contribution in [0.2, 0.25) is 0 Å². The van der Waals surface area contributed by atoms with Crippen LogP contribution in [0.1, 0.15) is 25.0 Å². The Morgan fingerprint density at radius 3 is 1.38 bits per heavy atom. The van der Waals surface area contributed by atoms with Crippen molar-refractivity contribution in [1.29, 1.82) is 0 Å². The Balaban J connectivity index is 1.15. The van der Waals surface area contributed by atoms with Crippen molar-refractivity contribution < 1.29 is 0 Å². The van der Waals surface area contributed by atoms with Crippen molar-refractivity contribution in [2.45, 2.75) is 19.3 Å². The molecule has 0 saturated heterocycles. The molecule has 1 aliphatic rings. The lowest BCUT2D eigenvalue weighted by Crippen LogP contribution is -2.18. The molecule has 250 valence electrons. The minimum atomic E-state index is -0.347. The van der Waals surface area contributed by atoms with Crippen molar-refractivity contribution in [3.05, 3.63) is 193 Å². The largest absolute Gasteiger partial charge is 0.228 e. The summed E-state index contributed by atoms with van der Waals surface area (Å²) in [4.78, 5) is 10.9. The fourth-order valence-corrected chi connectivity index (χ4v) is 8.53. The second-order valence-electron chi connectivity index (χ2n) is 14.6. The lowest BCUT2D eigenvalue weighted by Gasteiger charge is -2.25. The lowest BCUT2D eigenvalue weighted by molar-refractivity contribution is 0.664. The Morgan fingerprint density at radius 2 is 0.736 bits per heavy atom. The van der Waals surface area contributed by atoms with Gasteiger partial charge in [-0.05, 0) is 72.6 Å². The minimum absolute atomic E-state index is 0.347. The number of rotatable bonds is 5. The molecule has 0 fully saturated rings. The van der Waals surface area contributed by atoms with Gasteiger partial charge in [-0.1, -0.05) is 184 Å². The molecule has 0 amide bonds. The molecule has 0 unspecified atom stereocenters. The molecule has 1 aliphatic carbocycles. The summed E-state index contributed by atoms with van der Waals surface area (Å²) in [7, 11) is 0. The zero-order valence-electron chi connectivity index (χ0n) is 29.7. The van der Waals surface area contributed by atoms with Crippen LogP contribution in [0.15, 0.2) is 182 Å². The van der Waals surface area contributed by atoms with Gasteiger partial charge in [0.1, 0.15) is 0 Å². The summed E-state index contributed by atoms with van der Waals surface area (Å²) < 4.78 is 0. The second kappa shape index (κ2) is 12.3. The molecule has 10 rings (SSSR count). The van der Waals surface area contributed by atoms with Gasteiger partial charge in [0.15, 0.2) is 5.82 Å². The highest BCUT2D eigenvalue weighted by Gasteiger charge is 2.42. The van der Waals surface area contributed by atoms with E-state index in [-0.39, 0.29) is 5.41 Å². The quantitative estimate of drug-likeness (QED) is 0.170. The summed E-state index contributed by atoms with van der Waals surface area (Å²) in [6, 6.07) is 65.2. The van der Waals surface area contributed by atoms with Gasteiger partial charge >= 0.3 is 0 Å². The Bertz CT molecular complexity index is 2830. The van der Waals surface area contributed by atoms with E-state index in [1.54, 1.807) is 0 Å². The zero-order valence-corrected chi connectivity index (χ0v) is 29.7. The molecule has 0 atom stereocenters. The van der Waals surface area contributed by atoms with Gasteiger partial charge in [0, 0.05) is 27.7 Å².